The Hall–Kier alpha value is -3.17. The third-order valence-electron chi connectivity index (χ3n) is 5.42. The smallest absolute Gasteiger partial charge is 0.121 e. The molecule has 4 rings (SSSR count). The van der Waals surface area contributed by atoms with E-state index in [1.165, 1.54) is 16.7 Å². The van der Waals surface area contributed by atoms with Crippen LogP contribution in [0, 0.1) is 0 Å². The van der Waals surface area contributed by atoms with Crippen LogP contribution in [0.4, 0.5) is 0 Å². The minimum absolute atomic E-state index is 0.210. The molecule has 2 N–H and O–H groups in total. The zero-order valence-electron chi connectivity index (χ0n) is 16.1. The van der Waals surface area contributed by atoms with E-state index in [0.29, 0.717) is 6.54 Å². The van der Waals surface area contributed by atoms with Crippen molar-refractivity contribution in [1.29, 1.82) is 0 Å². The van der Waals surface area contributed by atoms with Crippen molar-refractivity contribution in [1.82, 2.24) is 9.55 Å². The van der Waals surface area contributed by atoms with Gasteiger partial charge in [0.1, 0.15) is 5.54 Å². The van der Waals surface area contributed by atoms with Crippen molar-refractivity contribution < 1.29 is 0 Å². The van der Waals surface area contributed by atoms with E-state index in [2.05, 4.69) is 109 Å². The second-order valence-electron chi connectivity index (χ2n) is 7.15. The van der Waals surface area contributed by atoms with Crippen molar-refractivity contribution in [3.63, 3.8) is 0 Å². The fourth-order valence-corrected chi connectivity index (χ4v) is 3.88. The van der Waals surface area contributed by atoms with Gasteiger partial charge in [-0.2, -0.15) is 0 Å². The van der Waals surface area contributed by atoms with Crippen LogP contribution in [-0.2, 0) is 5.54 Å². The molecule has 1 aromatic heterocycles. The maximum Gasteiger partial charge on any atom is 0.121 e. The van der Waals surface area contributed by atoms with Crippen LogP contribution in [0.1, 0.15) is 35.2 Å². The van der Waals surface area contributed by atoms with E-state index in [9.17, 15) is 0 Å². The highest BCUT2D eigenvalue weighted by Crippen LogP contribution is 2.41. The number of aromatic nitrogens is 2. The van der Waals surface area contributed by atoms with Crippen LogP contribution in [0.5, 0.6) is 0 Å². The fraction of sp³-hybridized carbons (Fsp3) is 0.160. The molecule has 3 heteroatoms. The summed E-state index contributed by atoms with van der Waals surface area (Å²) < 4.78 is 2.23. The number of nitrogens with zero attached hydrogens (tertiary/aromatic N) is 2. The summed E-state index contributed by atoms with van der Waals surface area (Å²) in [6.45, 7) is 2.69. The van der Waals surface area contributed by atoms with E-state index in [4.69, 9.17) is 10.7 Å². The van der Waals surface area contributed by atoms with E-state index >= 15 is 0 Å². The Morgan fingerprint density at radius 2 is 1.21 bits per heavy atom. The predicted molar refractivity (Wildman–Crippen MR) is 114 cm³/mol. The van der Waals surface area contributed by atoms with Gasteiger partial charge in [-0.05, 0) is 16.7 Å². The zero-order chi connectivity index (χ0) is 19.4. The molecule has 1 unspecified atom stereocenters. The molecular weight excluding hydrogens is 342 g/mol. The zero-order valence-corrected chi connectivity index (χ0v) is 16.1. The molecule has 1 atom stereocenters. The van der Waals surface area contributed by atoms with Gasteiger partial charge in [-0.25, -0.2) is 4.98 Å². The maximum atomic E-state index is 5.91. The fourth-order valence-electron chi connectivity index (χ4n) is 3.88. The van der Waals surface area contributed by atoms with Crippen molar-refractivity contribution in [3.8, 4) is 0 Å². The van der Waals surface area contributed by atoms with Crippen LogP contribution in [0.25, 0.3) is 0 Å². The molecule has 0 bridgehead atoms. The van der Waals surface area contributed by atoms with Crippen LogP contribution in [0.2, 0.25) is 0 Å². The first-order chi connectivity index (χ1) is 13.8. The molecule has 28 heavy (non-hydrogen) atoms. The first-order valence-corrected chi connectivity index (χ1v) is 9.68. The highest BCUT2D eigenvalue weighted by molar-refractivity contribution is 5.50. The van der Waals surface area contributed by atoms with Crippen molar-refractivity contribution in [2.45, 2.75) is 18.4 Å². The Morgan fingerprint density at radius 1 is 0.786 bits per heavy atom. The lowest BCUT2D eigenvalue weighted by Gasteiger charge is -2.37. The second kappa shape index (κ2) is 7.83. The largest absolute Gasteiger partial charge is 0.330 e. The van der Waals surface area contributed by atoms with Crippen molar-refractivity contribution in [2.24, 2.45) is 5.73 Å². The lowest BCUT2D eigenvalue weighted by atomic mass is 9.76. The minimum atomic E-state index is -0.511. The first-order valence-electron chi connectivity index (χ1n) is 9.68. The monoisotopic (exact) mass is 367 g/mol. The lowest BCUT2D eigenvalue weighted by molar-refractivity contribution is 0.513. The van der Waals surface area contributed by atoms with Gasteiger partial charge in [0.15, 0.2) is 0 Å². The normalized spacial score (nSPS) is 12.6. The SMILES string of the molecule is CC(CN)c1cn(C(c2ccccc2)(c2ccccc2)c2ccccc2)cn1. The molecule has 140 valence electrons. The standard InChI is InChI=1S/C25H25N3/c1-20(17-26)24-18-28(19-27-24)25(21-11-5-2-6-12-21,22-13-7-3-8-14-22)23-15-9-4-10-16-23/h2-16,18-20H,17,26H2,1H3. The quantitative estimate of drug-likeness (QED) is 0.498. The van der Waals surface area contributed by atoms with Gasteiger partial charge in [0.05, 0.1) is 12.0 Å². The Labute approximate surface area is 166 Å². The summed E-state index contributed by atoms with van der Waals surface area (Å²) in [5.74, 6) is 0.210. The average Bonchev–Trinajstić information content (AvgIpc) is 3.26. The van der Waals surface area contributed by atoms with Crippen LogP contribution < -0.4 is 5.73 Å². The molecule has 0 saturated heterocycles. The number of rotatable bonds is 6. The second-order valence-corrected chi connectivity index (χ2v) is 7.15. The number of hydrogen-bond acceptors (Lipinski definition) is 2. The highest BCUT2D eigenvalue weighted by Gasteiger charge is 2.38. The van der Waals surface area contributed by atoms with Crippen LogP contribution in [-0.4, -0.2) is 16.1 Å². The number of imidazole rings is 1. The van der Waals surface area contributed by atoms with Crippen molar-refractivity contribution >= 4 is 0 Å². The summed E-state index contributed by atoms with van der Waals surface area (Å²) in [6, 6.07) is 31.8. The number of nitrogens with two attached hydrogens (primary N) is 1. The summed E-state index contributed by atoms with van der Waals surface area (Å²) in [5.41, 5.74) is 9.98. The molecule has 3 nitrogen and oxygen atoms in total. The molecule has 0 aliphatic carbocycles. The van der Waals surface area contributed by atoms with Gasteiger partial charge < -0.3 is 10.3 Å². The van der Waals surface area contributed by atoms with Gasteiger partial charge in [0.2, 0.25) is 0 Å². The van der Waals surface area contributed by atoms with E-state index in [0.717, 1.165) is 5.69 Å². The maximum absolute atomic E-state index is 5.91. The molecule has 3 aromatic carbocycles. The number of benzene rings is 3. The van der Waals surface area contributed by atoms with E-state index in [-0.39, 0.29) is 5.92 Å². The van der Waals surface area contributed by atoms with Crippen molar-refractivity contribution in [3.05, 3.63) is 126 Å². The lowest BCUT2D eigenvalue weighted by Crippen LogP contribution is -2.37. The molecule has 4 aromatic rings. The third kappa shape index (κ3) is 3.04. The summed E-state index contributed by atoms with van der Waals surface area (Å²) in [6.07, 6.45) is 4.08. The summed E-state index contributed by atoms with van der Waals surface area (Å²) in [7, 11) is 0. The van der Waals surface area contributed by atoms with Gasteiger partial charge >= 0.3 is 0 Å². The van der Waals surface area contributed by atoms with Gasteiger partial charge in [-0.15, -0.1) is 0 Å². The van der Waals surface area contributed by atoms with Gasteiger partial charge in [0, 0.05) is 18.7 Å². The molecule has 0 spiro atoms. The topological polar surface area (TPSA) is 43.8 Å². The van der Waals surface area contributed by atoms with E-state index < -0.39 is 5.54 Å². The first kappa shape index (κ1) is 18.2. The average molecular weight is 367 g/mol. The Morgan fingerprint density at radius 3 is 1.61 bits per heavy atom. The van der Waals surface area contributed by atoms with E-state index in [1.54, 1.807) is 0 Å². The molecule has 0 saturated carbocycles. The molecular formula is C25H25N3. The minimum Gasteiger partial charge on any atom is -0.330 e. The molecule has 0 aliphatic rings. The van der Waals surface area contributed by atoms with Gasteiger partial charge in [-0.1, -0.05) is 97.9 Å². The van der Waals surface area contributed by atoms with Gasteiger partial charge in [0.25, 0.3) is 0 Å². The summed E-state index contributed by atoms with van der Waals surface area (Å²) >= 11 is 0. The number of hydrogen-bond donors (Lipinski definition) is 1. The molecule has 0 amide bonds. The summed E-state index contributed by atoms with van der Waals surface area (Å²) in [5, 5.41) is 0. The molecule has 0 aliphatic heterocycles. The highest BCUT2D eigenvalue weighted by atomic mass is 15.1. The Balaban J connectivity index is 2.06. The van der Waals surface area contributed by atoms with E-state index in [1.807, 2.05) is 6.33 Å². The van der Waals surface area contributed by atoms with Crippen molar-refractivity contribution in [2.75, 3.05) is 6.54 Å². The third-order valence-corrected chi connectivity index (χ3v) is 5.42. The Kier molecular flexibility index (Phi) is 5.09. The predicted octanol–water partition coefficient (Wildman–Crippen LogP) is 4.79. The van der Waals surface area contributed by atoms with Gasteiger partial charge in [-0.3, -0.25) is 0 Å². The molecule has 1 heterocycles. The van der Waals surface area contributed by atoms with Crippen LogP contribution in [0.15, 0.2) is 104 Å². The summed E-state index contributed by atoms with van der Waals surface area (Å²) in [4.78, 5) is 4.71. The molecule has 0 fully saturated rings. The van der Waals surface area contributed by atoms with Crippen LogP contribution in [0.3, 0.4) is 0 Å². The molecule has 0 radical (unpaired) electrons. The Bertz CT molecular complexity index is 911. The van der Waals surface area contributed by atoms with Crippen LogP contribution >= 0.6 is 0 Å².